The Hall–Kier alpha value is -1.63. The summed E-state index contributed by atoms with van der Waals surface area (Å²) in [4.78, 5) is 8.63. The topological polar surface area (TPSA) is 46.6 Å². The number of nitrogens with one attached hydrogen (secondary N) is 1. The number of fused-ring (bicyclic) bond motifs is 3. The quantitative estimate of drug-likeness (QED) is 0.696. The van der Waals surface area contributed by atoms with Crippen molar-refractivity contribution in [2.24, 2.45) is 0 Å². The molecule has 1 N–H and O–H groups in total. The minimum atomic E-state index is 0.871. The van der Waals surface area contributed by atoms with Crippen LogP contribution in [0.15, 0.2) is 18.2 Å². The number of thiazole rings is 1. The lowest BCUT2D eigenvalue weighted by Gasteiger charge is -2.26. The molecular weight excluding hydrogens is 322 g/mol. The third kappa shape index (κ3) is 3.27. The summed E-state index contributed by atoms with van der Waals surface area (Å²) < 4.78 is 10.7. The first-order valence-electron chi connectivity index (χ1n) is 8.54. The van der Waals surface area contributed by atoms with Gasteiger partial charge >= 0.3 is 0 Å². The fourth-order valence-electron chi connectivity index (χ4n) is 3.31. The van der Waals surface area contributed by atoms with Crippen molar-refractivity contribution in [3.63, 3.8) is 0 Å². The Bertz CT molecular complexity index is 710. The molecule has 1 fully saturated rings. The number of hydrogen-bond acceptors (Lipinski definition) is 6. The van der Waals surface area contributed by atoms with Crippen molar-refractivity contribution in [2.75, 3.05) is 51.8 Å². The zero-order chi connectivity index (χ0) is 16.4. The normalized spacial score (nSPS) is 16.7. The molecule has 2 aromatic rings. The number of aromatic nitrogens is 1. The van der Waals surface area contributed by atoms with Gasteiger partial charge in [0.25, 0.3) is 0 Å². The van der Waals surface area contributed by atoms with Crippen LogP contribution in [0.5, 0.6) is 5.75 Å². The molecular formula is C18H23N3O2S. The lowest BCUT2D eigenvalue weighted by atomic mass is 10.1. The van der Waals surface area contributed by atoms with E-state index in [0.29, 0.717) is 0 Å². The van der Waals surface area contributed by atoms with Crippen molar-refractivity contribution in [2.45, 2.75) is 12.8 Å². The van der Waals surface area contributed by atoms with E-state index in [4.69, 9.17) is 14.5 Å². The van der Waals surface area contributed by atoms with Gasteiger partial charge in [-0.3, -0.25) is 4.90 Å². The summed E-state index contributed by atoms with van der Waals surface area (Å²) in [6, 6.07) is 6.28. The number of rotatable bonds is 6. The maximum absolute atomic E-state index is 5.38. The van der Waals surface area contributed by atoms with Gasteiger partial charge in [-0.2, -0.15) is 0 Å². The fourth-order valence-corrected chi connectivity index (χ4v) is 4.33. The molecule has 128 valence electrons. The summed E-state index contributed by atoms with van der Waals surface area (Å²) in [5.41, 5.74) is 3.70. The van der Waals surface area contributed by atoms with E-state index in [1.165, 1.54) is 16.0 Å². The van der Waals surface area contributed by atoms with Crippen LogP contribution in [0.4, 0.5) is 5.13 Å². The average molecular weight is 345 g/mol. The molecule has 0 atom stereocenters. The summed E-state index contributed by atoms with van der Waals surface area (Å²) in [7, 11) is 1.71. The Morgan fingerprint density at radius 1 is 1.33 bits per heavy atom. The molecule has 1 aromatic heterocycles. The molecule has 1 aliphatic heterocycles. The first-order valence-corrected chi connectivity index (χ1v) is 9.36. The van der Waals surface area contributed by atoms with E-state index in [1.54, 1.807) is 18.4 Å². The van der Waals surface area contributed by atoms with Crippen molar-refractivity contribution in [1.29, 1.82) is 0 Å². The van der Waals surface area contributed by atoms with Gasteiger partial charge in [0.05, 0.1) is 26.0 Å². The Morgan fingerprint density at radius 2 is 2.21 bits per heavy atom. The summed E-state index contributed by atoms with van der Waals surface area (Å²) in [6.45, 7) is 5.95. The molecule has 0 saturated carbocycles. The second-order valence-corrected chi connectivity index (χ2v) is 7.31. The molecule has 5 nitrogen and oxygen atoms in total. The minimum absolute atomic E-state index is 0.871. The fraction of sp³-hybridized carbons (Fsp3) is 0.500. The smallest absolute Gasteiger partial charge is 0.183 e. The van der Waals surface area contributed by atoms with E-state index in [-0.39, 0.29) is 0 Å². The molecule has 0 bridgehead atoms. The van der Waals surface area contributed by atoms with Gasteiger partial charge in [0.1, 0.15) is 5.75 Å². The van der Waals surface area contributed by atoms with Gasteiger partial charge in [-0.1, -0.05) is 6.07 Å². The predicted molar refractivity (Wildman–Crippen MR) is 97.3 cm³/mol. The molecule has 2 aliphatic rings. The molecule has 4 rings (SSSR count). The van der Waals surface area contributed by atoms with Crippen LogP contribution in [0.2, 0.25) is 0 Å². The number of morpholine rings is 1. The highest BCUT2D eigenvalue weighted by atomic mass is 32.1. The lowest BCUT2D eigenvalue weighted by Crippen LogP contribution is -2.37. The standard InChI is InChI=1S/C18H23N3O2S/c1-22-14-4-3-13-11-16-17(15(13)12-14)20-18(24-16)19-5-2-6-21-7-9-23-10-8-21/h3-4,12H,2,5-11H2,1H3,(H,19,20). The molecule has 1 saturated heterocycles. The molecule has 2 heterocycles. The van der Waals surface area contributed by atoms with Crippen LogP contribution in [0, 0.1) is 0 Å². The van der Waals surface area contributed by atoms with Gasteiger partial charge in [-0.25, -0.2) is 4.98 Å². The number of methoxy groups -OCH3 is 1. The van der Waals surface area contributed by atoms with Gasteiger partial charge in [0, 0.05) is 36.5 Å². The third-order valence-electron chi connectivity index (χ3n) is 4.65. The monoisotopic (exact) mass is 345 g/mol. The van der Waals surface area contributed by atoms with Crippen LogP contribution in [-0.4, -0.2) is 56.4 Å². The van der Waals surface area contributed by atoms with Crippen molar-refractivity contribution in [3.8, 4) is 17.0 Å². The van der Waals surface area contributed by atoms with Crippen LogP contribution in [-0.2, 0) is 11.2 Å². The number of benzene rings is 1. The number of nitrogens with zero attached hydrogens (tertiary/aromatic N) is 2. The minimum Gasteiger partial charge on any atom is -0.497 e. The lowest BCUT2D eigenvalue weighted by molar-refractivity contribution is 0.0378. The summed E-state index contributed by atoms with van der Waals surface area (Å²) in [5.74, 6) is 0.898. The maximum Gasteiger partial charge on any atom is 0.183 e. The van der Waals surface area contributed by atoms with Crippen molar-refractivity contribution < 1.29 is 9.47 Å². The number of hydrogen-bond donors (Lipinski definition) is 1. The zero-order valence-electron chi connectivity index (χ0n) is 14.0. The second kappa shape index (κ2) is 7.09. The Labute approximate surface area is 146 Å². The third-order valence-corrected chi connectivity index (χ3v) is 5.66. The summed E-state index contributed by atoms with van der Waals surface area (Å²) in [6.07, 6.45) is 2.12. The van der Waals surface area contributed by atoms with Gasteiger partial charge in [-0.05, 0) is 30.7 Å². The number of anilines is 1. The van der Waals surface area contributed by atoms with Gasteiger partial charge in [0.15, 0.2) is 5.13 Å². The molecule has 0 amide bonds. The summed E-state index contributed by atoms with van der Waals surface area (Å²) >= 11 is 1.78. The van der Waals surface area contributed by atoms with E-state index in [9.17, 15) is 0 Å². The van der Waals surface area contributed by atoms with Gasteiger partial charge < -0.3 is 14.8 Å². The van der Waals surface area contributed by atoms with E-state index < -0.39 is 0 Å². The Balaban J connectivity index is 1.34. The van der Waals surface area contributed by atoms with Crippen molar-refractivity contribution >= 4 is 16.5 Å². The van der Waals surface area contributed by atoms with E-state index in [1.807, 2.05) is 6.07 Å². The average Bonchev–Trinajstić information content (AvgIpc) is 3.16. The largest absolute Gasteiger partial charge is 0.497 e. The van der Waals surface area contributed by atoms with Crippen LogP contribution >= 0.6 is 11.3 Å². The molecule has 1 aliphatic carbocycles. The molecule has 0 radical (unpaired) electrons. The maximum atomic E-state index is 5.38. The van der Waals surface area contributed by atoms with E-state index in [0.717, 1.165) is 68.8 Å². The molecule has 24 heavy (non-hydrogen) atoms. The van der Waals surface area contributed by atoms with Crippen LogP contribution in [0.25, 0.3) is 11.3 Å². The van der Waals surface area contributed by atoms with Crippen LogP contribution < -0.4 is 10.1 Å². The van der Waals surface area contributed by atoms with Crippen LogP contribution in [0.1, 0.15) is 16.9 Å². The molecule has 0 spiro atoms. The Kier molecular flexibility index (Phi) is 4.69. The highest BCUT2D eigenvalue weighted by Crippen LogP contribution is 2.42. The van der Waals surface area contributed by atoms with Gasteiger partial charge in [0.2, 0.25) is 0 Å². The molecule has 1 aromatic carbocycles. The second-order valence-electron chi connectivity index (χ2n) is 6.22. The SMILES string of the molecule is COc1ccc2c(c1)-c1nc(NCCCN3CCOCC3)sc1C2. The first kappa shape index (κ1) is 15.9. The zero-order valence-corrected chi connectivity index (χ0v) is 14.8. The first-order chi connectivity index (χ1) is 11.8. The highest BCUT2D eigenvalue weighted by Gasteiger charge is 2.23. The van der Waals surface area contributed by atoms with E-state index in [2.05, 4.69) is 22.3 Å². The summed E-state index contributed by atoms with van der Waals surface area (Å²) in [5, 5.41) is 4.53. The number of ether oxygens (including phenoxy) is 2. The molecule has 0 unspecified atom stereocenters. The predicted octanol–water partition coefficient (Wildman–Crippen LogP) is 2.86. The van der Waals surface area contributed by atoms with Crippen molar-refractivity contribution in [1.82, 2.24) is 9.88 Å². The Morgan fingerprint density at radius 3 is 3.04 bits per heavy atom. The van der Waals surface area contributed by atoms with E-state index >= 15 is 0 Å². The van der Waals surface area contributed by atoms with Gasteiger partial charge in [-0.15, -0.1) is 11.3 Å². The molecule has 6 heteroatoms. The van der Waals surface area contributed by atoms with Crippen LogP contribution in [0.3, 0.4) is 0 Å². The highest BCUT2D eigenvalue weighted by molar-refractivity contribution is 7.16. The van der Waals surface area contributed by atoms with Crippen molar-refractivity contribution in [3.05, 3.63) is 28.6 Å².